The molecular weight excluding hydrogens is 307 g/mol. The second-order valence-electron chi connectivity index (χ2n) is 5.37. The predicted molar refractivity (Wildman–Crippen MR) is 76.5 cm³/mol. The van der Waals surface area contributed by atoms with Crippen LogP contribution in [0.3, 0.4) is 0 Å². The van der Waals surface area contributed by atoms with Crippen LogP contribution >= 0.6 is 0 Å². The summed E-state index contributed by atoms with van der Waals surface area (Å²) in [5.74, 6) is -0.300. The maximum absolute atomic E-state index is 12.6. The molecule has 0 bridgehead atoms. The Morgan fingerprint density at radius 2 is 1.91 bits per heavy atom. The summed E-state index contributed by atoms with van der Waals surface area (Å²) in [5.41, 5.74) is 0.144. The first kappa shape index (κ1) is 15.5. The number of rotatable bonds is 2. The molecule has 0 spiro atoms. The van der Waals surface area contributed by atoms with Gasteiger partial charge in [0.25, 0.3) is 5.91 Å². The number of carbonyl (C=O) groups excluding carboxylic acids is 1. The Labute approximate surface area is 131 Å². The van der Waals surface area contributed by atoms with Gasteiger partial charge >= 0.3 is 6.18 Å². The Morgan fingerprint density at radius 1 is 1.17 bits per heavy atom. The van der Waals surface area contributed by atoms with Crippen LogP contribution in [0, 0.1) is 0 Å². The Morgan fingerprint density at radius 3 is 2.52 bits per heavy atom. The van der Waals surface area contributed by atoms with Gasteiger partial charge in [0, 0.05) is 25.1 Å². The fourth-order valence-corrected chi connectivity index (χ4v) is 2.80. The van der Waals surface area contributed by atoms with Gasteiger partial charge in [-0.3, -0.25) is 14.8 Å². The van der Waals surface area contributed by atoms with Crippen molar-refractivity contribution >= 4 is 5.91 Å². The zero-order valence-corrected chi connectivity index (χ0v) is 12.1. The molecule has 1 saturated heterocycles. The van der Waals surface area contributed by atoms with Crippen LogP contribution in [0.4, 0.5) is 13.2 Å². The van der Waals surface area contributed by atoms with Gasteiger partial charge in [-0.1, -0.05) is 0 Å². The number of halogens is 3. The summed E-state index contributed by atoms with van der Waals surface area (Å²) in [5, 5.41) is 0. The quantitative estimate of drug-likeness (QED) is 0.851. The van der Waals surface area contributed by atoms with Crippen molar-refractivity contribution in [1.29, 1.82) is 0 Å². The van der Waals surface area contributed by atoms with Crippen molar-refractivity contribution in [3.8, 4) is 0 Å². The van der Waals surface area contributed by atoms with Crippen molar-refractivity contribution in [2.45, 2.75) is 25.1 Å². The third-order valence-electron chi connectivity index (χ3n) is 3.91. The summed E-state index contributed by atoms with van der Waals surface area (Å²) in [6.45, 7) is 0.576. The molecule has 3 rings (SSSR count). The lowest BCUT2D eigenvalue weighted by molar-refractivity contribution is -0.141. The molecule has 0 radical (unpaired) electrons. The van der Waals surface area contributed by atoms with Crippen LogP contribution in [-0.2, 0) is 6.18 Å². The number of aromatic nitrogens is 2. The van der Waals surface area contributed by atoms with E-state index in [0.717, 1.165) is 30.7 Å². The highest BCUT2D eigenvalue weighted by Crippen LogP contribution is 2.33. The lowest BCUT2D eigenvalue weighted by Crippen LogP contribution is -2.30. The van der Waals surface area contributed by atoms with E-state index in [0.29, 0.717) is 6.54 Å². The number of hydrogen-bond acceptors (Lipinski definition) is 3. The van der Waals surface area contributed by atoms with Gasteiger partial charge < -0.3 is 4.90 Å². The number of hydrogen-bond donors (Lipinski definition) is 0. The maximum atomic E-state index is 12.6. The molecule has 2 aromatic heterocycles. The lowest BCUT2D eigenvalue weighted by Gasteiger charge is -2.25. The smallest absolute Gasteiger partial charge is 0.332 e. The fraction of sp³-hybridized carbons (Fsp3) is 0.312. The molecule has 0 saturated carbocycles. The van der Waals surface area contributed by atoms with Gasteiger partial charge in [0.15, 0.2) is 0 Å². The summed E-state index contributed by atoms with van der Waals surface area (Å²) in [4.78, 5) is 21.6. The van der Waals surface area contributed by atoms with Crippen molar-refractivity contribution in [3.63, 3.8) is 0 Å². The van der Waals surface area contributed by atoms with Gasteiger partial charge in [0.05, 0.1) is 11.6 Å². The molecule has 23 heavy (non-hydrogen) atoms. The third-order valence-corrected chi connectivity index (χ3v) is 3.91. The Hall–Kier alpha value is -2.44. The molecule has 2 aromatic rings. The minimum atomic E-state index is -4.51. The third kappa shape index (κ3) is 3.18. The lowest BCUT2D eigenvalue weighted by atomic mass is 10.1. The van der Waals surface area contributed by atoms with Gasteiger partial charge in [-0.25, -0.2) is 0 Å². The molecule has 0 aliphatic carbocycles. The molecule has 7 heteroatoms. The molecule has 1 aliphatic rings. The number of pyridine rings is 2. The number of likely N-dealkylation sites (tertiary alicyclic amines) is 1. The molecule has 1 unspecified atom stereocenters. The van der Waals surface area contributed by atoms with E-state index in [4.69, 9.17) is 0 Å². The van der Waals surface area contributed by atoms with E-state index < -0.39 is 11.9 Å². The van der Waals surface area contributed by atoms with Crippen molar-refractivity contribution in [1.82, 2.24) is 14.9 Å². The van der Waals surface area contributed by atoms with Gasteiger partial charge in [-0.15, -0.1) is 0 Å². The largest absolute Gasteiger partial charge is 0.433 e. The predicted octanol–water partition coefficient (Wildman–Crippen LogP) is 3.47. The van der Waals surface area contributed by atoms with E-state index in [1.165, 1.54) is 6.07 Å². The Balaban J connectivity index is 1.82. The first-order valence-corrected chi connectivity index (χ1v) is 7.21. The SMILES string of the molecule is O=C(c1ccc(C(F)(F)F)nc1)N1CCCC1c1ccncc1. The average molecular weight is 321 g/mol. The topological polar surface area (TPSA) is 46.1 Å². The highest BCUT2D eigenvalue weighted by atomic mass is 19.4. The molecule has 1 fully saturated rings. The van der Waals surface area contributed by atoms with Crippen LogP contribution in [0.5, 0.6) is 0 Å². The second kappa shape index (κ2) is 5.98. The van der Waals surface area contributed by atoms with Gasteiger partial charge in [0.2, 0.25) is 0 Å². The summed E-state index contributed by atoms with van der Waals surface area (Å²) in [6, 6.07) is 5.64. The number of amides is 1. The molecule has 1 aliphatic heterocycles. The van der Waals surface area contributed by atoms with Crippen molar-refractivity contribution < 1.29 is 18.0 Å². The van der Waals surface area contributed by atoms with E-state index in [1.54, 1.807) is 17.3 Å². The number of carbonyl (C=O) groups is 1. The summed E-state index contributed by atoms with van der Waals surface area (Å²) < 4.78 is 37.6. The second-order valence-corrected chi connectivity index (χ2v) is 5.37. The van der Waals surface area contributed by atoms with Crippen LogP contribution in [0.15, 0.2) is 42.9 Å². The maximum Gasteiger partial charge on any atom is 0.433 e. The molecule has 4 nitrogen and oxygen atoms in total. The van der Waals surface area contributed by atoms with Gasteiger partial charge in [0.1, 0.15) is 5.69 Å². The Bertz CT molecular complexity index is 686. The standard InChI is InChI=1S/C16H14F3N3O/c17-16(18,19)14-4-3-12(10-21-14)15(23)22-9-1-2-13(22)11-5-7-20-8-6-11/h3-8,10,13H,1-2,9H2. The molecule has 3 heterocycles. The Kier molecular flexibility index (Phi) is 4.02. The summed E-state index contributed by atoms with van der Waals surface area (Å²) in [6.07, 6.45) is 1.49. The van der Waals surface area contributed by atoms with Gasteiger partial charge in [-0.05, 0) is 42.7 Å². The van der Waals surface area contributed by atoms with Crippen LogP contribution in [0.25, 0.3) is 0 Å². The van der Waals surface area contributed by atoms with Crippen LogP contribution < -0.4 is 0 Å². The highest BCUT2D eigenvalue weighted by molar-refractivity contribution is 5.94. The molecule has 1 atom stereocenters. The van der Waals surface area contributed by atoms with E-state index in [2.05, 4.69) is 9.97 Å². The van der Waals surface area contributed by atoms with Gasteiger partial charge in [-0.2, -0.15) is 13.2 Å². The first-order valence-electron chi connectivity index (χ1n) is 7.21. The number of nitrogens with zero attached hydrogens (tertiary/aromatic N) is 3. The van der Waals surface area contributed by atoms with Crippen molar-refractivity contribution in [3.05, 3.63) is 59.7 Å². The normalized spacial score (nSPS) is 18.2. The van der Waals surface area contributed by atoms with E-state index in [-0.39, 0.29) is 17.5 Å². The van der Waals surface area contributed by atoms with Crippen molar-refractivity contribution in [2.24, 2.45) is 0 Å². The zero-order valence-electron chi connectivity index (χ0n) is 12.1. The molecule has 120 valence electrons. The van der Waals surface area contributed by atoms with Crippen LogP contribution in [0.2, 0.25) is 0 Å². The first-order chi connectivity index (χ1) is 11.0. The monoisotopic (exact) mass is 321 g/mol. The van der Waals surface area contributed by atoms with Crippen LogP contribution in [0.1, 0.15) is 40.5 Å². The van der Waals surface area contributed by atoms with Crippen LogP contribution in [-0.4, -0.2) is 27.3 Å². The van der Waals surface area contributed by atoms with E-state index >= 15 is 0 Å². The molecule has 0 N–H and O–H groups in total. The van der Waals surface area contributed by atoms with Crippen molar-refractivity contribution in [2.75, 3.05) is 6.54 Å². The van der Waals surface area contributed by atoms with E-state index in [9.17, 15) is 18.0 Å². The summed E-state index contributed by atoms with van der Waals surface area (Å²) in [7, 11) is 0. The highest BCUT2D eigenvalue weighted by Gasteiger charge is 2.34. The molecular formula is C16H14F3N3O. The minimum Gasteiger partial charge on any atom is -0.332 e. The average Bonchev–Trinajstić information content (AvgIpc) is 3.04. The van der Waals surface area contributed by atoms with E-state index in [1.807, 2.05) is 12.1 Å². The zero-order chi connectivity index (χ0) is 16.4. The molecule has 0 aromatic carbocycles. The molecule has 1 amide bonds. The summed E-state index contributed by atoms with van der Waals surface area (Å²) >= 11 is 0. The fourth-order valence-electron chi connectivity index (χ4n) is 2.80. The number of alkyl halides is 3. The minimum absolute atomic E-state index is 0.0761.